The normalized spacial score (nSPS) is 12.3. The summed E-state index contributed by atoms with van der Waals surface area (Å²) in [6.07, 6.45) is 12.2. The Morgan fingerprint density at radius 1 is 0.600 bits per heavy atom. The van der Waals surface area contributed by atoms with E-state index in [2.05, 4.69) is 41.5 Å². The van der Waals surface area contributed by atoms with Gasteiger partial charge in [-0.15, -0.1) is 0 Å². The van der Waals surface area contributed by atoms with Gasteiger partial charge in [0.25, 0.3) is 0 Å². The van der Waals surface area contributed by atoms with Crippen LogP contribution in [-0.2, 0) is 4.74 Å². The standard InChI is InChI=1S/C18H38O.Al/c1-7-13-15-17(9-3,10-4)19-18(11-5,12-6)16-14-8-2;/h7-16H2,1-6H3;. The summed E-state index contributed by atoms with van der Waals surface area (Å²) in [4.78, 5) is 0. The lowest BCUT2D eigenvalue weighted by Crippen LogP contribution is -2.43. The molecule has 0 spiro atoms. The summed E-state index contributed by atoms with van der Waals surface area (Å²) in [7, 11) is 0. The van der Waals surface area contributed by atoms with Crippen molar-refractivity contribution in [1.82, 2.24) is 0 Å². The Morgan fingerprint density at radius 3 is 1.10 bits per heavy atom. The summed E-state index contributed by atoms with van der Waals surface area (Å²) in [5.74, 6) is 0. The predicted octanol–water partition coefficient (Wildman–Crippen LogP) is 6.12. The molecule has 0 aliphatic heterocycles. The van der Waals surface area contributed by atoms with Crippen molar-refractivity contribution in [2.24, 2.45) is 0 Å². The zero-order valence-electron chi connectivity index (χ0n) is 15.1. The van der Waals surface area contributed by atoms with E-state index in [0.717, 1.165) is 25.7 Å². The number of rotatable bonds is 12. The molecule has 119 valence electrons. The molecule has 2 heteroatoms. The lowest BCUT2D eigenvalue weighted by atomic mass is 9.85. The molecule has 3 radical (unpaired) electrons. The van der Waals surface area contributed by atoms with E-state index in [1.165, 1.54) is 38.5 Å². The largest absolute Gasteiger partial charge is 0.369 e. The molecular weight excluding hydrogens is 259 g/mol. The Morgan fingerprint density at radius 2 is 0.900 bits per heavy atom. The van der Waals surface area contributed by atoms with Crippen LogP contribution in [0.3, 0.4) is 0 Å². The SMILES string of the molecule is CCCCC(CC)(CC)OC(CC)(CC)CCCC.[Al]. The quantitative estimate of drug-likeness (QED) is 0.394. The topological polar surface area (TPSA) is 9.23 Å². The molecule has 0 N–H and O–H groups in total. The van der Waals surface area contributed by atoms with Gasteiger partial charge in [-0.3, -0.25) is 0 Å². The van der Waals surface area contributed by atoms with E-state index in [4.69, 9.17) is 4.74 Å². The van der Waals surface area contributed by atoms with Crippen LogP contribution in [0.1, 0.15) is 106 Å². The van der Waals surface area contributed by atoms with Gasteiger partial charge in [0.1, 0.15) is 0 Å². The second kappa shape index (κ2) is 12.1. The Hall–Kier alpha value is 0.492. The van der Waals surface area contributed by atoms with Gasteiger partial charge in [-0.2, -0.15) is 0 Å². The number of ether oxygens (including phenoxy) is 1. The van der Waals surface area contributed by atoms with Crippen molar-refractivity contribution in [3.8, 4) is 0 Å². The second-order valence-corrected chi connectivity index (χ2v) is 6.09. The van der Waals surface area contributed by atoms with Crippen LogP contribution in [0.5, 0.6) is 0 Å². The van der Waals surface area contributed by atoms with Crippen LogP contribution in [0.15, 0.2) is 0 Å². The van der Waals surface area contributed by atoms with Crippen LogP contribution in [0.25, 0.3) is 0 Å². The lowest BCUT2D eigenvalue weighted by molar-refractivity contribution is -0.173. The van der Waals surface area contributed by atoms with Crippen LogP contribution in [-0.4, -0.2) is 28.6 Å². The number of hydrogen-bond acceptors (Lipinski definition) is 1. The highest BCUT2D eigenvalue weighted by Gasteiger charge is 2.37. The fourth-order valence-electron chi connectivity index (χ4n) is 3.06. The van der Waals surface area contributed by atoms with Gasteiger partial charge in [-0.25, -0.2) is 0 Å². The lowest BCUT2D eigenvalue weighted by Gasteiger charge is -2.44. The van der Waals surface area contributed by atoms with Crippen LogP contribution in [0.2, 0.25) is 0 Å². The van der Waals surface area contributed by atoms with E-state index in [1.807, 2.05) is 0 Å². The maximum Gasteiger partial charge on any atom is 0.0684 e. The van der Waals surface area contributed by atoms with E-state index in [-0.39, 0.29) is 28.6 Å². The van der Waals surface area contributed by atoms with Crippen LogP contribution >= 0.6 is 0 Å². The van der Waals surface area contributed by atoms with E-state index in [9.17, 15) is 0 Å². The predicted molar refractivity (Wildman–Crippen MR) is 92.5 cm³/mol. The van der Waals surface area contributed by atoms with Gasteiger partial charge in [-0.05, 0) is 38.5 Å². The van der Waals surface area contributed by atoms with Gasteiger partial charge >= 0.3 is 0 Å². The second-order valence-electron chi connectivity index (χ2n) is 6.09. The summed E-state index contributed by atoms with van der Waals surface area (Å²) in [6.45, 7) is 13.8. The van der Waals surface area contributed by atoms with Crippen molar-refractivity contribution >= 4 is 17.4 Å². The van der Waals surface area contributed by atoms with E-state index < -0.39 is 0 Å². The van der Waals surface area contributed by atoms with Crippen molar-refractivity contribution < 1.29 is 4.74 Å². The van der Waals surface area contributed by atoms with E-state index >= 15 is 0 Å². The first kappa shape index (κ1) is 22.8. The van der Waals surface area contributed by atoms with Crippen molar-refractivity contribution in [2.45, 2.75) is 117 Å². The molecule has 20 heavy (non-hydrogen) atoms. The van der Waals surface area contributed by atoms with Gasteiger partial charge in [0.2, 0.25) is 0 Å². The molecule has 0 saturated heterocycles. The summed E-state index contributed by atoms with van der Waals surface area (Å²) in [6, 6.07) is 0. The van der Waals surface area contributed by atoms with Crippen molar-refractivity contribution in [2.75, 3.05) is 0 Å². The molecule has 0 unspecified atom stereocenters. The molecule has 0 heterocycles. The summed E-state index contributed by atoms with van der Waals surface area (Å²) in [5.41, 5.74) is 0.242. The monoisotopic (exact) mass is 297 g/mol. The molecule has 0 aromatic carbocycles. The Balaban J connectivity index is 0. The maximum absolute atomic E-state index is 6.83. The van der Waals surface area contributed by atoms with Gasteiger partial charge in [0.05, 0.1) is 11.2 Å². The van der Waals surface area contributed by atoms with Crippen LogP contribution in [0, 0.1) is 0 Å². The van der Waals surface area contributed by atoms with Crippen molar-refractivity contribution in [1.29, 1.82) is 0 Å². The summed E-state index contributed by atoms with van der Waals surface area (Å²) in [5, 5.41) is 0. The molecule has 0 rings (SSSR count). The number of unbranched alkanes of at least 4 members (excludes halogenated alkanes) is 2. The third-order valence-corrected chi connectivity index (χ3v) is 4.98. The minimum Gasteiger partial charge on any atom is -0.369 e. The number of hydrogen-bond donors (Lipinski definition) is 0. The molecule has 1 nitrogen and oxygen atoms in total. The van der Waals surface area contributed by atoms with E-state index in [0.29, 0.717) is 0 Å². The summed E-state index contributed by atoms with van der Waals surface area (Å²) >= 11 is 0. The molecule has 0 bridgehead atoms. The highest BCUT2D eigenvalue weighted by atomic mass is 27.0. The average molecular weight is 297 g/mol. The van der Waals surface area contributed by atoms with Crippen molar-refractivity contribution in [3.05, 3.63) is 0 Å². The minimum absolute atomic E-state index is 0. The Kier molecular flexibility index (Phi) is 13.8. The first-order valence-corrected chi connectivity index (χ1v) is 8.77. The highest BCUT2D eigenvalue weighted by molar-refractivity contribution is 5.75. The molecule has 0 aromatic heterocycles. The maximum atomic E-state index is 6.83. The van der Waals surface area contributed by atoms with Gasteiger partial charge in [0.15, 0.2) is 0 Å². The fourth-order valence-corrected chi connectivity index (χ4v) is 3.06. The highest BCUT2D eigenvalue weighted by Crippen LogP contribution is 2.38. The Bertz CT molecular complexity index is 185. The zero-order valence-corrected chi connectivity index (χ0v) is 16.2. The smallest absolute Gasteiger partial charge is 0.0684 e. The molecule has 0 atom stereocenters. The zero-order chi connectivity index (χ0) is 14.8. The molecule has 0 aliphatic rings. The molecule has 0 aliphatic carbocycles. The molecule has 0 saturated carbocycles. The first-order valence-electron chi connectivity index (χ1n) is 8.77. The molecule has 0 amide bonds. The van der Waals surface area contributed by atoms with E-state index in [1.54, 1.807) is 0 Å². The van der Waals surface area contributed by atoms with Crippen LogP contribution in [0.4, 0.5) is 0 Å². The van der Waals surface area contributed by atoms with Crippen molar-refractivity contribution in [3.63, 3.8) is 0 Å². The molecular formula is C18H38AlO. The van der Waals surface area contributed by atoms with Gasteiger partial charge in [-0.1, -0.05) is 67.2 Å². The Labute approximate surface area is 139 Å². The average Bonchev–Trinajstić information content (AvgIpc) is 2.48. The third-order valence-electron chi connectivity index (χ3n) is 4.98. The minimum atomic E-state index is 0. The summed E-state index contributed by atoms with van der Waals surface area (Å²) < 4.78 is 6.83. The third kappa shape index (κ3) is 6.97. The molecule has 0 aromatic rings. The van der Waals surface area contributed by atoms with Gasteiger partial charge in [0, 0.05) is 17.4 Å². The molecule has 0 fully saturated rings. The fraction of sp³-hybridized carbons (Fsp3) is 1.00. The van der Waals surface area contributed by atoms with Gasteiger partial charge < -0.3 is 4.74 Å². The first-order chi connectivity index (χ1) is 9.07. The van der Waals surface area contributed by atoms with Crippen LogP contribution < -0.4 is 0 Å².